The lowest BCUT2D eigenvalue weighted by Crippen LogP contribution is -2.43. The first-order chi connectivity index (χ1) is 13.2. The van der Waals surface area contributed by atoms with Crippen LogP contribution in [0, 0.1) is 0 Å². The third-order valence-corrected chi connectivity index (χ3v) is 6.81. The van der Waals surface area contributed by atoms with Gasteiger partial charge < -0.3 is 9.64 Å². The molecule has 1 aromatic heterocycles. The number of esters is 1. The number of carbonyl (C=O) groups is 1. The molecular weight excluding hydrogens is 336 g/mol. The molecule has 5 rings (SSSR count). The lowest BCUT2D eigenvalue weighted by molar-refractivity contribution is -0.153. The number of ether oxygens (including phenoxy) is 1. The zero-order valence-corrected chi connectivity index (χ0v) is 15.8. The molecule has 4 heteroatoms. The maximum Gasteiger partial charge on any atom is 0.318 e. The summed E-state index contributed by atoms with van der Waals surface area (Å²) in [6.45, 7) is 0. The number of hydrogen-bond donors (Lipinski definition) is 0. The van der Waals surface area contributed by atoms with Gasteiger partial charge >= 0.3 is 5.97 Å². The van der Waals surface area contributed by atoms with Gasteiger partial charge in [-0.05, 0) is 68.3 Å². The van der Waals surface area contributed by atoms with Gasteiger partial charge in [0.05, 0.1) is 0 Å². The van der Waals surface area contributed by atoms with E-state index in [0.29, 0.717) is 12.1 Å². The molecular formula is C23H26N2O2. The second-order valence-electron chi connectivity index (χ2n) is 8.25. The Balaban J connectivity index is 1.46. The summed E-state index contributed by atoms with van der Waals surface area (Å²) in [5.74, 6) is -0.461. The molecule has 4 nitrogen and oxygen atoms in total. The van der Waals surface area contributed by atoms with Crippen molar-refractivity contribution in [1.82, 2.24) is 9.88 Å². The predicted octanol–water partition coefficient (Wildman–Crippen LogP) is 3.48. The van der Waals surface area contributed by atoms with E-state index in [1.54, 1.807) is 0 Å². The summed E-state index contributed by atoms with van der Waals surface area (Å²) in [7, 11) is 2.21. The van der Waals surface area contributed by atoms with Gasteiger partial charge in [0, 0.05) is 24.0 Å². The zero-order chi connectivity index (χ0) is 18.4. The van der Waals surface area contributed by atoms with Crippen LogP contribution in [-0.4, -0.2) is 41.1 Å². The van der Waals surface area contributed by atoms with Crippen molar-refractivity contribution >= 4 is 5.97 Å². The molecule has 1 aromatic carbocycles. The Bertz CT molecular complexity index is 803. The summed E-state index contributed by atoms with van der Waals surface area (Å²) < 4.78 is 6.14. The monoisotopic (exact) mass is 362 g/mol. The van der Waals surface area contributed by atoms with Crippen molar-refractivity contribution in [3.05, 3.63) is 65.0 Å². The molecule has 27 heavy (non-hydrogen) atoms. The van der Waals surface area contributed by atoms with Gasteiger partial charge in [-0.1, -0.05) is 30.3 Å². The van der Waals surface area contributed by atoms with Crippen LogP contribution >= 0.6 is 0 Å². The highest BCUT2D eigenvalue weighted by Gasteiger charge is 2.41. The molecule has 0 radical (unpaired) electrons. The molecule has 2 unspecified atom stereocenters. The fraction of sp³-hybridized carbons (Fsp3) is 0.478. The van der Waals surface area contributed by atoms with Gasteiger partial charge in [-0.15, -0.1) is 0 Å². The fourth-order valence-corrected chi connectivity index (χ4v) is 5.33. The molecule has 140 valence electrons. The van der Waals surface area contributed by atoms with Crippen molar-refractivity contribution in [3.63, 3.8) is 0 Å². The number of pyridine rings is 1. The van der Waals surface area contributed by atoms with E-state index >= 15 is 0 Å². The maximum atomic E-state index is 13.4. The van der Waals surface area contributed by atoms with Gasteiger partial charge in [0.2, 0.25) is 0 Å². The van der Waals surface area contributed by atoms with E-state index in [2.05, 4.69) is 41.2 Å². The Morgan fingerprint density at radius 2 is 1.78 bits per heavy atom. The van der Waals surface area contributed by atoms with Gasteiger partial charge in [0.15, 0.2) is 0 Å². The Hall–Kier alpha value is -2.20. The van der Waals surface area contributed by atoms with Crippen LogP contribution in [0.25, 0.3) is 0 Å². The van der Waals surface area contributed by atoms with Gasteiger partial charge in [0.1, 0.15) is 12.0 Å². The normalized spacial score (nSPS) is 29.5. The first-order valence-corrected chi connectivity index (χ1v) is 10.1. The summed E-state index contributed by atoms with van der Waals surface area (Å²) in [5.41, 5.74) is 4.37. The zero-order valence-electron chi connectivity index (χ0n) is 15.8. The molecule has 2 saturated heterocycles. The highest BCUT2D eigenvalue weighted by Crippen LogP contribution is 2.38. The van der Waals surface area contributed by atoms with E-state index in [1.165, 1.54) is 18.4 Å². The Morgan fingerprint density at radius 1 is 1.04 bits per heavy atom. The van der Waals surface area contributed by atoms with Gasteiger partial charge in [-0.2, -0.15) is 0 Å². The molecule has 2 aromatic rings. The van der Waals surface area contributed by atoms with Crippen LogP contribution in [0.1, 0.15) is 54.0 Å². The van der Waals surface area contributed by atoms with Gasteiger partial charge in [0.25, 0.3) is 0 Å². The lowest BCUT2D eigenvalue weighted by atomic mass is 9.89. The SMILES string of the molecule is CN1[C@@H]2CC[C@H]1CC(OC(=O)C1c3ccccc3CCc3ncccc31)C2. The summed E-state index contributed by atoms with van der Waals surface area (Å²) in [4.78, 5) is 20.4. The molecule has 4 atom stereocenters. The Kier molecular flexibility index (Phi) is 4.24. The number of hydrogen-bond acceptors (Lipinski definition) is 4. The molecule has 3 aliphatic rings. The second-order valence-corrected chi connectivity index (χ2v) is 8.25. The van der Waals surface area contributed by atoms with Crippen LogP contribution in [0.3, 0.4) is 0 Å². The number of fused-ring (bicyclic) bond motifs is 4. The number of rotatable bonds is 2. The van der Waals surface area contributed by atoms with Crippen molar-refractivity contribution in [2.75, 3.05) is 7.05 Å². The first-order valence-electron chi connectivity index (χ1n) is 10.1. The van der Waals surface area contributed by atoms with Crippen LogP contribution in [-0.2, 0) is 22.4 Å². The molecule has 2 bridgehead atoms. The average Bonchev–Trinajstić information content (AvgIpc) is 2.87. The third kappa shape index (κ3) is 2.96. The van der Waals surface area contributed by atoms with E-state index < -0.39 is 0 Å². The van der Waals surface area contributed by atoms with Crippen LogP contribution in [0.2, 0.25) is 0 Å². The predicted molar refractivity (Wildman–Crippen MR) is 104 cm³/mol. The molecule has 0 N–H and O–H groups in total. The molecule has 2 aliphatic heterocycles. The number of piperidine rings is 1. The quantitative estimate of drug-likeness (QED) is 0.767. The van der Waals surface area contributed by atoms with Gasteiger partial charge in [-0.25, -0.2) is 0 Å². The summed E-state index contributed by atoms with van der Waals surface area (Å²) in [5, 5.41) is 0. The number of aromatic nitrogens is 1. The van der Waals surface area contributed by atoms with Gasteiger partial charge in [-0.3, -0.25) is 9.78 Å². The van der Waals surface area contributed by atoms with Crippen molar-refractivity contribution in [1.29, 1.82) is 0 Å². The van der Waals surface area contributed by atoms with E-state index in [0.717, 1.165) is 42.5 Å². The Labute approximate surface area is 160 Å². The smallest absolute Gasteiger partial charge is 0.318 e. The largest absolute Gasteiger partial charge is 0.462 e. The Morgan fingerprint density at radius 3 is 2.59 bits per heavy atom. The topological polar surface area (TPSA) is 42.4 Å². The van der Waals surface area contributed by atoms with E-state index in [1.807, 2.05) is 18.3 Å². The van der Waals surface area contributed by atoms with Crippen molar-refractivity contribution in [2.24, 2.45) is 0 Å². The fourth-order valence-electron chi connectivity index (χ4n) is 5.33. The van der Waals surface area contributed by atoms with E-state index in [-0.39, 0.29) is 18.0 Å². The minimum atomic E-state index is -0.357. The summed E-state index contributed by atoms with van der Waals surface area (Å²) in [6, 6.07) is 13.4. The molecule has 0 spiro atoms. The average molecular weight is 362 g/mol. The minimum absolute atomic E-state index is 0.0433. The number of nitrogens with zero attached hydrogens (tertiary/aromatic N) is 2. The molecule has 1 aliphatic carbocycles. The molecule has 2 fully saturated rings. The number of aryl methyl sites for hydroxylation is 2. The molecule has 0 saturated carbocycles. The third-order valence-electron chi connectivity index (χ3n) is 6.81. The highest BCUT2D eigenvalue weighted by molar-refractivity contribution is 5.83. The van der Waals surface area contributed by atoms with Crippen molar-refractivity contribution in [3.8, 4) is 0 Å². The first kappa shape index (κ1) is 16.9. The highest BCUT2D eigenvalue weighted by atomic mass is 16.5. The van der Waals surface area contributed by atoms with Crippen molar-refractivity contribution in [2.45, 2.75) is 62.6 Å². The lowest BCUT2D eigenvalue weighted by Gasteiger charge is -2.36. The van der Waals surface area contributed by atoms with Crippen molar-refractivity contribution < 1.29 is 9.53 Å². The second kappa shape index (κ2) is 6.75. The standard InChI is InChI=1S/C23H26N2O2/c1-25-16-9-10-17(25)14-18(13-16)27-23(26)22-19-6-3-2-5-15(19)8-11-21-20(22)7-4-12-24-21/h2-7,12,16-18,22H,8-11,13-14H2,1H3/t16-,17+,18?,22?. The minimum Gasteiger partial charge on any atom is -0.462 e. The summed E-state index contributed by atoms with van der Waals surface area (Å²) in [6.07, 6.45) is 8.05. The van der Waals surface area contributed by atoms with Crippen LogP contribution in [0.5, 0.6) is 0 Å². The molecule has 0 amide bonds. The van der Waals surface area contributed by atoms with E-state index in [4.69, 9.17) is 4.74 Å². The van der Waals surface area contributed by atoms with Crippen LogP contribution < -0.4 is 0 Å². The summed E-state index contributed by atoms with van der Waals surface area (Å²) >= 11 is 0. The number of carbonyl (C=O) groups excluding carboxylic acids is 1. The van der Waals surface area contributed by atoms with Crippen LogP contribution in [0.4, 0.5) is 0 Å². The maximum absolute atomic E-state index is 13.4. The van der Waals surface area contributed by atoms with E-state index in [9.17, 15) is 4.79 Å². The number of benzene rings is 1. The van der Waals surface area contributed by atoms with Crippen LogP contribution in [0.15, 0.2) is 42.6 Å². The molecule has 3 heterocycles.